The Balaban J connectivity index is 1.51. The molecular formula is C22H18N4O2. The molecule has 1 amide bonds. The molecule has 1 N–H and O–H groups in total. The van der Waals surface area contributed by atoms with Crippen molar-refractivity contribution in [3.05, 3.63) is 100 Å². The van der Waals surface area contributed by atoms with Gasteiger partial charge in [0, 0.05) is 11.3 Å². The van der Waals surface area contributed by atoms with E-state index in [1.54, 1.807) is 35.2 Å². The minimum absolute atomic E-state index is 0.0852. The van der Waals surface area contributed by atoms with Crippen molar-refractivity contribution < 1.29 is 4.79 Å². The van der Waals surface area contributed by atoms with Crippen LogP contribution in [0.4, 0.5) is 5.82 Å². The van der Waals surface area contributed by atoms with Gasteiger partial charge in [0.15, 0.2) is 0 Å². The van der Waals surface area contributed by atoms with E-state index < -0.39 is 0 Å². The van der Waals surface area contributed by atoms with Crippen LogP contribution >= 0.6 is 0 Å². The van der Waals surface area contributed by atoms with E-state index in [9.17, 15) is 9.59 Å². The van der Waals surface area contributed by atoms with E-state index in [2.05, 4.69) is 15.3 Å². The van der Waals surface area contributed by atoms with Gasteiger partial charge in [-0.2, -0.15) is 0 Å². The summed E-state index contributed by atoms with van der Waals surface area (Å²) in [7, 11) is 0. The van der Waals surface area contributed by atoms with Crippen LogP contribution in [0.5, 0.6) is 0 Å². The Morgan fingerprint density at radius 3 is 2.57 bits per heavy atom. The number of benzene rings is 2. The maximum Gasteiger partial charge on any atom is 0.261 e. The Labute approximate surface area is 161 Å². The number of nitrogens with zero attached hydrogens (tertiary/aromatic N) is 3. The number of carbonyl (C=O) groups is 1. The second-order valence-electron chi connectivity index (χ2n) is 6.51. The molecule has 6 nitrogen and oxygen atoms in total. The van der Waals surface area contributed by atoms with E-state index in [0.29, 0.717) is 28.8 Å². The number of anilines is 1. The summed E-state index contributed by atoms with van der Waals surface area (Å²) in [5, 5.41) is 3.37. The molecule has 0 bridgehead atoms. The Hall–Kier alpha value is -3.80. The van der Waals surface area contributed by atoms with Gasteiger partial charge in [0.1, 0.15) is 5.82 Å². The van der Waals surface area contributed by atoms with Gasteiger partial charge in [-0.25, -0.2) is 9.97 Å². The second kappa shape index (κ2) is 7.44. The standard InChI is InChI=1S/C22H18N4O2/c1-15-5-4-8-20(24-15)25-21(27)17-11-9-16(10-12-17)13-26-14-23-19-7-3-2-6-18(19)22(26)28/h2-12,14H,13H2,1H3,(H,24,25,27). The van der Waals surface area contributed by atoms with Crippen LogP contribution in [-0.2, 0) is 6.54 Å². The summed E-state index contributed by atoms with van der Waals surface area (Å²) in [4.78, 5) is 33.6. The first-order valence-corrected chi connectivity index (χ1v) is 8.88. The molecule has 0 aliphatic heterocycles. The van der Waals surface area contributed by atoms with Crippen molar-refractivity contribution >= 4 is 22.6 Å². The molecule has 2 aromatic carbocycles. The summed E-state index contributed by atoms with van der Waals surface area (Å²) in [6.45, 7) is 2.26. The SMILES string of the molecule is Cc1cccc(NC(=O)c2ccc(Cn3cnc4ccccc4c3=O)cc2)n1. The second-order valence-corrected chi connectivity index (χ2v) is 6.51. The van der Waals surface area contributed by atoms with Crippen LogP contribution in [0, 0.1) is 6.92 Å². The topological polar surface area (TPSA) is 76.9 Å². The fraction of sp³-hybridized carbons (Fsp3) is 0.0909. The first-order valence-electron chi connectivity index (χ1n) is 8.88. The highest BCUT2D eigenvalue weighted by molar-refractivity contribution is 6.03. The lowest BCUT2D eigenvalue weighted by Crippen LogP contribution is -2.21. The van der Waals surface area contributed by atoms with Gasteiger partial charge in [-0.15, -0.1) is 0 Å². The lowest BCUT2D eigenvalue weighted by atomic mass is 10.1. The Morgan fingerprint density at radius 1 is 1.00 bits per heavy atom. The minimum Gasteiger partial charge on any atom is -0.307 e. The number of amides is 1. The zero-order valence-electron chi connectivity index (χ0n) is 15.3. The molecule has 2 aromatic heterocycles. The molecule has 0 radical (unpaired) electrons. The van der Waals surface area contributed by atoms with Crippen molar-refractivity contribution in [3.63, 3.8) is 0 Å². The molecule has 138 valence electrons. The van der Waals surface area contributed by atoms with Gasteiger partial charge in [0.05, 0.1) is 23.8 Å². The lowest BCUT2D eigenvalue weighted by molar-refractivity contribution is 0.102. The average Bonchev–Trinajstić information content (AvgIpc) is 2.71. The molecule has 28 heavy (non-hydrogen) atoms. The monoisotopic (exact) mass is 370 g/mol. The number of para-hydroxylation sites is 1. The smallest absolute Gasteiger partial charge is 0.261 e. The van der Waals surface area contributed by atoms with Gasteiger partial charge in [0.25, 0.3) is 11.5 Å². The third-order valence-corrected chi connectivity index (χ3v) is 4.43. The zero-order valence-corrected chi connectivity index (χ0v) is 15.3. The number of nitrogens with one attached hydrogen (secondary N) is 1. The predicted molar refractivity (Wildman–Crippen MR) is 108 cm³/mol. The molecular weight excluding hydrogens is 352 g/mol. The lowest BCUT2D eigenvalue weighted by Gasteiger charge is -2.08. The highest BCUT2D eigenvalue weighted by Gasteiger charge is 2.08. The minimum atomic E-state index is -0.228. The van der Waals surface area contributed by atoms with Crippen LogP contribution in [0.15, 0.2) is 77.9 Å². The van der Waals surface area contributed by atoms with E-state index in [1.165, 1.54) is 0 Å². The molecule has 0 unspecified atom stereocenters. The van der Waals surface area contributed by atoms with E-state index in [4.69, 9.17) is 0 Å². The molecule has 4 rings (SSSR count). The van der Waals surface area contributed by atoms with Crippen LogP contribution in [0.2, 0.25) is 0 Å². The Morgan fingerprint density at radius 2 is 1.79 bits per heavy atom. The Kier molecular flexibility index (Phi) is 4.68. The third kappa shape index (κ3) is 3.66. The number of fused-ring (bicyclic) bond motifs is 1. The molecule has 0 aliphatic rings. The molecule has 0 atom stereocenters. The summed E-state index contributed by atoms with van der Waals surface area (Å²) < 4.78 is 1.56. The summed E-state index contributed by atoms with van der Waals surface area (Å²) >= 11 is 0. The molecule has 0 saturated carbocycles. The summed E-state index contributed by atoms with van der Waals surface area (Å²) in [5.41, 5.74) is 2.86. The van der Waals surface area contributed by atoms with Gasteiger partial charge in [0.2, 0.25) is 0 Å². The van der Waals surface area contributed by atoms with Gasteiger partial charge in [-0.05, 0) is 48.9 Å². The Bertz CT molecular complexity index is 1210. The number of aryl methyl sites for hydroxylation is 1. The summed E-state index contributed by atoms with van der Waals surface area (Å²) in [5.74, 6) is 0.289. The molecule has 0 fully saturated rings. The van der Waals surface area contributed by atoms with Crippen molar-refractivity contribution in [1.29, 1.82) is 0 Å². The molecule has 0 saturated heterocycles. The van der Waals surface area contributed by atoms with Crippen LogP contribution in [0.1, 0.15) is 21.6 Å². The molecule has 0 spiro atoms. The summed E-state index contributed by atoms with van der Waals surface area (Å²) in [6, 6.07) is 19.9. The van der Waals surface area contributed by atoms with E-state index in [0.717, 1.165) is 11.3 Å². The van der Waals surface area contributed by atoms with Crippen molar-refractivity contribution in [2.75, 3.05) is 5.32 Å². The molecule has 0 aliphatic carbocycles. The fourth-order valence-corrected chi connectivity index (χ4v) is 2.98. The van der Waals surface area contributed by atoms with Crippen LogP contribution < -0.4 is 10.9 Å². The molecule has 2 heterocycles. The van der Waals surface area contributed by atoms with Gasteiger partial charge < -0.3 is 5.32 Å². The summed E-state index contributed by atoms with van der Waals surface area (Å²) in [6.07, 6.45) is 1.55. The van der Waals surface area contributed by atoms with Crippen LogP contribution in [-0.4, -0.2) is 20.4 Å². The normalized spacial score (nSPS) is 10.8. The molecule has 6 heteroatoms. The maximum atomic E-state index is 12.6. The molecule has 4 aromatic rings. The zero-order chi connectivity index (χ0) is 19.5. The van der Waals surface area contributed by atoms with Crippen molar-refractivity contribution in [3.8, 4) is 0 Å². The van der Waals surface area contributed by atoms with Gasteiger partial charge >= 0.3 is 0 Å². The van der Waals surface area contributed by atoms with Crippen molar-refractivity contribution in [2.24, 2.45) is 0 Å². The third-order valence-electron chi connectivity index (χ3n) is 4.43. The van der Waals surface area contributed by atoms with E-state index in [1.807, 2.05) is 49.4 Å². The largest absolute Gasteiger partial charge is 0.307 e. The number of hydrogen-bond acceptors (Lipinski definition) is 4. The maximum absolute atomic E-state index is 12.6. The first-order chi connectivity index (χ1) is 13.6. The van der Waals surface area contributed by atoms with E-state index >= 15 is 0 Å². The number of hydrogen-bond donors (Lipinski definition) is 1. The number of aromatic nitrogens is 3. The average molecular weight is 370 g/mol. The highest BCUT2D eigenvalue weighted by Crippen LogP contribution is 2.11. The highest BCUT2D eigenvalue weighted by atomic mass is 16.1. The van der Waals surface area contributed by atoms with Crippen molar-refractivity contribution in [2.45, 2.75) is 13.5 Å². The van der Waals surface area contributed by atoms with Crippen LogP contribution in [0.3, 0.4) is 0 Å². The van der Waals surface area contributed by atoms with E-state index in [-0.39, 0.29) is 11.5 Å². The van der Waals surface area contributed by atoms with Gasteiger partial charge in [-0.1, -0.05) is 30.3 Å². The van der Waals surface area contributed by atoms with Gasteiger partial charge in [-0.3, -0.25) is 14.2 Å². The number of carbonyl (C=O) groups excluding carboxylic acids is 1. The quantitative estimate of drug-likeness (QED) is 0.597. The van der Waals surface area contributed by atoms with Crippen molar-refractivity contribution in [1.82, 2.24) is 14.5 Å². The number of rotatable bonds is 4. The first kappa shape index (κ1) is 17.6. The fourth-order valence-electron chi connectivity index (χ4n) is 2.98. The predicted octanol–water partition coefficient (Wildman–Crippen LogP) is 3.40. The van der Waals surface area contributed by atoms with Crippen LogP contribution in [0.25, 0.3) is 10.9 Å². The number of pyridine rings is 1.